The number of carboxylic acids is 1. The molecule has 0 aliphatic carbocycles. The average Bonchev–Trinajstić information content (AvgIpc) is 2.95. The Kier molecular flexibility index (Phi) is 3.10. The largest absolute Gasteiger partial charge is 0.481 e. The van der Waals surface area contributed by atoms with E-state index in [-0.39, 0.29) is 6.42 Å². The predicted molar refractivity (Wildman–Crippen MR) is 79.5 cm³/mol. The Morgan fingerprint density at radius 2 is 2.20 bits per heavy atom. The Hall–Kier alpha value is -2.08. The molecule has 3 aromatic rings. The third-order valence-electron chi connectivity index (χ3n) is 3.24. The van der Waals surface area contributed by atoms with Crippen molar-refractivity contribution in [2.24, 2.45) is 7.05 Å². The number of aromatic nitrogens is 3. The normalized spacial score (nSPS) is 11.1. The number of carboxylic acid groups (broad SMARTS) is 1. The van der Waals surface area contributed by atoms with Crippen LogP contribution in [-0.4, -0.2) is 25.6 Å². The van der Waals surface area contributed by atoms with Crippen molar-refractivity contribution >= 4 is 32.8 Å². The van der Waals surface area contributed by atoms with E-state index in [4.69, 9.17) is 5.11 Å². The van der Waals surface area contributed by atoms with E-state index in [1.54, 1.807) is 0 Å². The number of carbonyl (C=O) groups is 1. The van der Waals surface area contributed by atoms with Gasteiger partial charge in [-0.3, -0.25) is 4.79 Å². The van der Waals surface area contributed by atoms with E-state index in [2.05, 4.69) is 25.9 Å². The maximum atomic E-state index is 10.9. The molecule has 2 heterocycles. The molecule has 0 radical (unpaired) electrons. The lowest BCUT2D eigenvalue weighted by Gasteiger charge is -2.00. The van der Waals surface area contributed by atoms with Crippen LogP contribution in [0.1, 0.15) is 5.69 Å². The fraction of sp³-hybridized carbons (Fsp3) is 0.143. The zero-order valence-electron chi connectivity index (χ0n) is 10.7. The van der Waals surface area contributed by atoms with Crippen LogP contribution >= 0.6 is 15.9 Å². The standard InChI is InChI=1S/C14H12BrN3O2/c1-18-13(15)11(6-12(19)20)17-14(18)9-7-16-10-5-3-2-4-8(9)10/h2-5,7,16H,6H2,1H3,(H,19,20). The van der Waals surface area contributed by atoms with Gasteiger partial charge in [-0.1, -0.05) is 18.2 Å². The number of fused-ring (bicyclic) bond motifs is 1. The minimum Gasteiger partial charge on any atom is -0.481 e. The van der Waals surface area contributed by atoms with E-state index >= 15 is 0 Å². The van der Waals surface area contributed by atoms with E-state index in [1.807, 2.05) is 42.1 Å². The molecular weight excluding hydrogens is 322 g/mol. The molecule has 2 aromatic heterocycles. The molecule has 0 saturated carbocycles. The third-order valence-corrected chi connectivity index (χ3v) is 4.23. The molecule has 0 amide bonds. The molecule has 102 valence electrons. The number of imidazole rings is 1. The second-order valence-corrected chi connectivity index (χ2v) is 5.30. The lowest BCUT2D eigenvalue weighted by molar-refractivity contribution is -0.136. The Balaban J connectivity index is 2.17. The Morgan fingerprint density at radius 3 is 2.95 bits per heavy atom. The van der Waals surface area contributed by atoms with E-state index in [9.17, 15) is 4.79 Å². The van der Waals surface area contributed by atoms with Crippen LogP contribution in [0.25, 0.3) is 22.3 Å². The van der Waals surface area contributed by atoms with Crippen LogP contribution in [0.15, 0.2) is 35.1 Å². The van der Waals surface area contributed by atoms with E-state index in [1.165, 1.54) is 0 Å². The van der Waals surface area contributed by atoms with Gasteiger partial charge in [0.25, 0.3) is 0 Å². The first-order valence-electron chi connectivity index (χ1n) is 6.07. The van der Waals surface area contributed by atoms with Crippen molar-refractivity contribution in [3.63, 3.8) is 0 Å². The van der Waals surface area contributed by atoms with Gasteiger partial charge >= 0.3 is 5.97 Å². The molecule has 5 nitrogen and oxygen atoms in total. The summed E-state index contributed by atoms with van der Waals surface area (Å²) in [6.45, 7) is 0. The summed E-state index contributed by atoms with van der Waals surface area (Å²) < 4.78 is 2.55. The number of rotatable bonds is 3. The van der Waals surface area contributed by atoms with Crippen molar-refractivity contribution < 1.29 is 9.90 Å². The summed E-state index contributed by atoms with van der Waals surface area (Å²) >= 11 is 3.41. The number of H-pyrrole nitrogens is 1. The molecule has 0 spiro atoms. The van der Waals surface area contributed by atoms with Gasteiger partial charge in [0.05, 0.1) is 12.1 Å². The quantitative estimate of drug-likeness (QED) is 0.774. The number of hydrogen-bond donors (Lipinski definition) is 2. The van der Waals surface area contributed by atoms with Crippen molar-refractivity contribution in [1.82, 2.24) is 14.5 Å². The number of aromatic amines is 1. The van der Waals surface area contributed by atoms with Gasteiger partial charge in [0.15, 0.2) is 0 Å². The lowest BCUT2D eigenvalue weighted by atomic mass is 10.1. The zero-order chi connectivity index (χ0) is 14.3. The van der Waals surface area contributed by atoms with Crippen LogP contribution in [0.3, 0.4) is 0 Å². The summed E-state index contributed by atoms with van der Waals surface area (Å²) in [5, 5.41) is 9.98. The Labute approximate surface area is 123 Å². The summed E-state index contributed by atoms with van der Waals surface area (Å²) in [6, 6.07) is 7.94. The van der Waals surface area contributed by atoms with Crippen LogP contribution in [0.5, 0.6) is 0 Å². The molecule has 0 bridgehead atoms. The van der Waals surface area contributed by atoms with E-state index in [0.717, 1.165) is 22.3 Å². The molecule has 1 aromatic carbocycles. The van der Waals surface area contributed by atoms with Gasteiger partial charge in [-0.2, -0.15) is 0 Å². The second kappa shape index (κ2) is 4.79. The van der Waals surface area contributed by atoms with Crippen molar-refractivity contribution in [2.45, 2.75) is 6.42 Å². The zero-order valence-corrected chi connectivity index (χ0v) is 12.3. The summed E-state index contributed by atoms with van der Waals surface area (Å²) in [5.41, 5.74) is 2.52. The van der Waals surface area contributed by atoms with E-state index < -0.39 is 5.97 Å². The van der Waals surface area contributed by atoms with Gasteiger partial charge in [-0.25, -0.2) is 4.98 Å². The molecule has 0 aliphatic heterocycles. The molecule has 3 rings (SSSR count). The Bertz CT molecular complexity index is 804. The minimum absolute atomic E-state index is 0.100. The third kappa shape index (κ3) is 2.02. The number of para-hydroxylation sites is 1. The van der Waals surface area contributed by atoms with Gasteiger partial charge in [0, 0.05) is 29.7 Å². The molecule has 20 heavy (non-hydrogen) atoms. The van der Waals surface area contributed by atoms with Crippen molar-refractivity contribution in [2.75, 3.05) is 0 Å². The minimum atomic E-state index is -0.894. The summed E-state index contributed by atoms with van der Waals surface area (Å²) in [7, 11) is 1.86. The van der Waals surface area contributed by atoms with Crippen molar-refractivity contribution in [1.29, 1.82) is 0 Å². The van der Waals surface area contributed by atoms with Gasteiger partial charge in [0.2, 0.25) is 0 Å². The topological polar surface area (TPSA) is 70.9 Å². The SMILES string of the molecule is Cn1c(-c2c[nH]c3ccccc23)nc(CC(=O)O)c1Br. The van der Waals surface area contributed by atoms with E-state index in [0.29, 0.717) is 10.3 Å². The number of aliphatic carboxylic acids is 1. The molecule has 0 atom stereocenters. The molecule has 0 fully saturated rings. The molecule has 6 heteroatoms. The molecular formula is C14H12BrN3O2. The van der Waals surface area contributed by atoms with Gasteiger partial charge in [0.1, 0.15) is 10.4 Å². The fourth-order valence-corrected chi connectivity index (χ4v) is 2.69. The number of hydrogen-bond acceptors (Lipinski definition) is 2. The van der Waals surface area contributed by atoms with Crippen LogP contribution in [-0.2, 0) is 18.3 Å². The highest BCUT2D eigenvalue weighted by Crippen LogP contribution is 2.30. The van der Waals surface area contributed by atoms with Gasteiger partial charge < -0.3 is 14.7 Å². The second-order valence-electron chi connectivity index (χ2n) is 4.55. The Morgan fingerprint density at radius 1 is 1.45 bits per heavy atom. The molecule has 2 N–H and O–H groups in total. The first kappa shape index (κ1) is 12.9. The maximum absolute atomic E-state index is 10.9. The number of nitrogens with zero attached hydrogens (tertiary/aromatic N) is 2. The van der Waals surface area contributed by atoms with Crippen LogP contribution < -0.4 is 0 Å². The predicted octanol–water partition coefficient (Wildman–Crippen LogP) is 2.96. The summed E-state index contributed by atoms with van der Waals surface area (Å²) in [5.74, 6) is -0.153. The lowest BCUT2D eigenvalue weighted by Crippen LogP contribution is -2.01. The smallest absolute Gasteiger partial charge is 0.309 e. The van der Waals surface area contributed by atoms with Gasteiger partial charge in [-0.05, 0) is 22.0 Å². The molecule has 0 unspecified atom stereocenters. The monoisotopic (exact) mass is 333 g/mol. The highest BCUT2D eigenvalue weighted by atomic mass is 79.9. The maximum Gasteiger partial charge on any atom is 0.309 e. The van der Waals surface area contributed by atoms with Crippen LogP contribution in [0.4, 0.5) is 0 Å². The van der Waals surface area contributed by atoms with Crippen molar-refractivity contribution in [3.8, 4) is 11.4 Å². The molecule has 0 saturated heterocycles. The molecule has 0 aliphatic rings. The first-order chi connectivity index (χ1) is 9.58. The number of halogens is 1. The average molecular weight is 334 g/mol. The van der Waals surface area contributed by atoms with Gasteiger partial charge in [-0.15, -0.1) is 0 Å². The highest BCUT2D eigenvalue weighted by Gasteiger charge is 2.18. The van der Waals surface area contributed by atoms with Crippen LogP contribution in [0, 0.1) is 0 Å². The highest BCUT2D eigenvalue weighted by molar-refractivity contribution is 9.10. The van der Waals surface area contributed by atoms with Crippen LogP contribution in [0.2, 0.25) is 0 Å². The number of benzene rings is 1. The summed E-state index contributed by atoms with van der Waals surface area (Å²) in [4.78, 5) is 18.5. The first-order valence-corrected chi connectivity index (χ1v) is 6.86. The fourth-order valence-electron chi connectivity index (χ4n) is 2.29. The number of nitrogens with one attached hydrogen (secondary N) is 1. The summed E-state index contributed by atoms with van der Waals surface area (Å²) in [6.07, 6.45) is 1.79. The van der Waals surface area contributed by atoms with Crippen molar-refractivity contribution in [3.05, 3.63) is 40.8 Å².